The Morgan fingerprint density at radius 3 is 2.62 bits per heavy atom. The van der Waals surface area contributed by atoms with Gasteiger partial charge < -0.3 is 20.1 Å². The molecular formula is C22H18ClN3O5S. The van der Waals surface area contributed by atoms with E-state index in [1.54, 1.807) is 49.6 Å². The van der Waals surface area contributed by atoms with Gasteiger partial charge in [-0.05, 0) is 54.6 Å². The number of hydrogen-bond donors (Lipinski definition) is 4. The highest BCUT2D eigenvalue weighted by molar-refractivity contribution is 7.92. The third kappa shape index (κ3) is 4.48. The zero-order chi connectivity index (χ0) is 22.9. The minimum absolute atomic E-state index is 0.0554. The number of carbonyl (C=O) groups excluding carboxylic acids is 1. The summed E-state index contributed by atoms with van der Waals surface area (Å²) in [6.07, 6.45) is 0. The van der Waals surface area contributed by atoms with E-state index >= 15 is 0 Å². The lowest BCUT2D eigenvalue weighted by Gasteiger charge is -2.11. The quantitative estimate of drug-likeness (QED) is 0.306. The summed E-state index contributed by atoms with van der Waals surface area (Å²) in [4.78, 5) is 15.5. The predicted octanol–water partition coefficient (Wildman–Crippen LogP) is 4.59. The molecule has 0 aliphatic carbocycles. The highest BCUT2D eigenvalue weighted by atomic mass is 35.5. The van der Waals surface area contributed by atoms with Crippen LogP contribution in [0.15, 0.2) is 71.6 Å². The molecule has 0 radical (unpaired) electrons. The molecular weight excluding hydrogens is 454 g/mol. The molecule has 0 aliphatic rings. The number of aromatic hydroxyl groups is 1. The molecule has 0 saturated heterocycles. The van der Waals surface area contributed by atoms with Gasteiger partial charge in [-0.3, -0.25) is 9.52 Å². The van der Waals surface area contributed by atoms with Crippen LogP contribution < -0.4 is 14.8 Å². The van der Waals surface area contributed by atoms with E-state index in [0.29, 0.717) is 16.3 Å². The van der Waals surface area contributed by atoms with Gasteiger partial charge in [0, 0.05) is 22.0 Å². The van der Waals surface area contributed by atoms with Gasteiger partial charge in [0.05, 0.1) is 23.4 Å². The maximum Gasteiger partial charge on any atom is 0.272 e. The van der Waals surface area contributed by atoms with Gasteiger partial charge in [-0.2, -0.15) is 0 Å². The van der Waals surface area contributed by atoms with E-state index < -0.39 is 15.9 Å². The fraction of sp³-hybridized carbons (Fsp3) is 0.0455. The summed E-state index contributed by atoms with van der Waals surface area (Å²) in [5, 5.41) is 13.9. The van der Waals surface area contributed by atoms with E-state index in [-0.39, 0.29) is 27.7 Å². The van der Waals surface area contributed by atoms with Crippen LogP contribution in [-0.2, 0) is 10.0 Å². The lowest BCUT2D eigenvalue weighted by molar-refractivity contribution is 0.102. The molecule has 1 aromatic heterocycles. The van der Waals surface area contributed by atoms with Crippen molar-refractivity contribution in [2.45, 2.75) is 4.90 Å². The number of ether oxygens (including phenoxy) is 1. The third-order valence-electron chi connectivity index (χ3n) is 4.68. The molecule has 0 saturated carbocycles. The topological polar surface area (TPSA) is 121 Å². The first kappa shape index (κ1) is 21.5. The Morgan fingerprint density at radius 1 is 1.06 bits per heavy atom. The molecule has 0 aliphatic heterocycles. The Kier molecular flexibility index (Phi) is 5.68. The first-order valence-electron chi connectivity index (χ1n) is 9.35. The Balaban J connectivity index is 1.59. The number of sulfonamides is 1. The third-order valence-corrected chi connectivity index (χ3v) is 6.29. The van der Waals surface area contributed by atoms with E-state index in [4.69, 9.17) is 16.3 Å². The van der Waals surface area contributed by atoms with Gasteiger partial charge in [0.2, 0.25) is 0 Å². The Hall–Kier alpha value is -3.69. The molecule has 4 aromatic rings. The van der Waals surface area contributed by atoms with Gasteiger partial charge in [-0.1, -0.05) is 17.7 Å². The Labute approximate surface area is 188 Å². The number of aromatic amines is 1. The van der Waals surface area contributed by atoms with E-state index in [2.05, 4.69) is 15.0 Å². The summed E-state index contributed by atoms with van der Waals surface area (Å²) < 4.78 is 33.1. The van der Waals surface area contributed by atoms with Crippen LogP contribution in [0, 0.1) is 0 Å². The van der Waals surface area contributed by atoms with E-state index in [1.165, 1.54) is 24.3 Å². The molecule has 0 bridgehead atoms. The fourth-order valence-corrected chi connectivity index (χ4v) is 4.36. The first-order valence-corrected chi connectivity index (χ1v) is 11.2. The maximum atomic E-state index is 12.7. The van der Waals surface area contributed by atoms with E-state index in [9.17, 15) is 18.3 Å². The number of fused-ring (bicyclic) bond motifs is 1. The number of carbonyl (C=O) groups is 1. The molecule has 1 amide bonds. The van der Waals surface area contributed by atoms with Crippen LogP contribution in [0.5, 0.6) is 11.5 Å². The molecule has 8 nitrogen and oxygen atoms in total. The number of rotatable bonds is 6. The molecule has 3 aromatic carbocycles. The number of H-pyrrole nitrogens is 1. The molecule has 0 spiro atoms. The average Bonchev–Trinajstić information content (AvgIpc) is 3.18. The van der Waals surface area contributed by atoms with Gasteiger partial charge in [0.25, 0.3) is 15.9 Å². The number of nitrogens with one attached hydrogen (secondary N) is 3. The zero-order valence-electron chi connectivity index (χ0n) is 16.7. The van der Waals surface area contributed by atoms with Crippen LogP contribution >= 0.6 is 11.6 Å². The average molecular weight is 472 g/mol. The second-order valence-electron chi connectivity index (χ2n) is 6.89. The normalized spacial score (nSPS) is 11.3. The van der Waals surface area contributed by atoms with Crippen molar-refractivity contribution in [2.24, 2.45) is 0 Å². The summed E-state index contributed by atoms with van der Waals surface area (Å²) in [6, 6.07) is 16.8. The molecule has 4 N–H and O–H groups in total. The number of phenols is 1. The van der Waals surface area contributed by atoms with Gasteiger partial charge in [-0.15, -0.1) is 0 Å². The minimum Gasteiger partial charge on any atom is -0.506 e. The number of aromatic nitrogens is 1. The van der Waals surface area contributed by atoms with Gasteiger partial charge >= 0.3 is 0 Å². The Morgan fingerprint density at radius 2 is 1.88 bits per heavy atom. The number of methoxy groups -OCH3 is 1. The predicted molar refractivity (Wildman–Crippen MR) is 123 cm³/mol. The fourth-order valence-electron chi connectivity index (χ4n) is 3.09. The molecule has 10 heteroatoms. The van der Waals surface area contributed by atoms with Crippen molar-refractivity contribution in [1.82, 2.24) is 4.98 Å². The largest absolute Gasteiger partial charge is 0.506 e. The second-order valence-corrected chi connectivity index (χ2v) is 9.00. The van der Waals surface area contributed by atoms with Gasteiger partial charge in [0.1, 0.15) is 17.2 Å². The Bertz CT molecular complexity index is 1430. The second kappa shape index (κ2) is 8.45. The molecule has 32 heavy (non-hydrogen) atoms. The molecule has 0 atom stereocenters. The van der Waals surface area contributed by atoms with E-state index in [0.717, 1.165) is 5.39 Å². The van der Waals surface area contributed by atoms with Crippen LogP contribution in [0.3, 0.4) is 0 Å². The maximum absolute atomic E-state index is 12.7. The highest BCUT2D eigenvalue weighted by Gasteiger charge is 2.19. The molecule has 164 valence electrons. The van der Waals surface area contributed by atoms with Crippen molar-refractivity contribution in [3.05, 3.63) is 77.4 Å². The van der Waals surface area contributed by atoms with Crippen LogP contribution in [0.4, 0.5) is 11.4 Å². The monoisotopic (exact) mass is 471 g/mol. The number of benzene rings is 3. The van der Waals surface area contributed by atoms with Crippen LogP contribution in [0.2, 0.25) is 5.02 Å². The van der Waals surface area contributed by atoms with E-state index in [1.807, 2.05) is 0 Å². The van der Waals surface area contributed by atoms with Crippen molar-refractivity contribution in [3.8, 4) is 11.5 Å². The summed E-state index contributed by atoms with van der Waals surface area (Å²) in [7, 11) is -2.45. The molecule has 0 fully saturated rings. The number of hydrogen-bond acceptors (Lipinski definition) is 5. The smallest absolute Gasteiger partial charge is 0.272 e. The first-order chi connectivity index (χ1) is 15.2. The summed E-state index contributed by atoms with van der Waals surface area (Å²) in [5.41, 5.74) is 1.16. The van der Waals surface area contributed by atoms with Crippen LogP contribution in [0.1, 0.15) is 10.5 Å². The van der Waals surface area contributed by atoms with Crippen molar-refractivity contribution in [1.29, 1.82) is 0 Å². The number of phenolic OH excluding ortho intramolecular Hbond substituents is 1. The number of halogens is 1. The summed E-state index contributed by atoms with van der Waals surface area (Å²) in [5.74, 6) is -0.195. The highest BCUT2D eigenvalue weighted by Crippen LogP contribution is 2.29. The summed E-state index contributed by atoms with van der Waals surface area (Å²) >= 11 is 5.90. The number of anilines is 2. The van der Waals surface area contributed by atoms with Crippen LogP contribution in [0.25, 0.3) is 10.9 Å². The minimum atomic E-state index is -3.99. The molecule has 0 unspecified atom stereocenters. The zero-order valence-corrected chi connectivity index (χ0v) is 18.3. The molecule has 4 rings (SSSR count). The van der Waals surface area contributed by atoms with Crippen molar-refractivity contribution in [2.75, 3.05) is 17.1 Å². The van der Waals surface area contributed by atoms with Crippen LogP contribution in [-0.4, -0.2) is 31.5 Å². The summed E-state index contributed by atoms with van der Waals surface area (Å²) in [6.45, 7) is 0. The molecule has 1 heterocycles. The van der Waals surface area contributed by atoms with Crippen molar-refractivity contribution < 1.29 is 23.1 Å². The standard InChI is InChI=1S/C22H18ClN3O5S/c1-31-16-6-5-13-9-20(24-18(13)11-16)22(28)25-19-12-17(7-8-21(19)27)32(29,30)26-15-4-2-3-14(23)10-15/h2-12,24,26-27H,1H3,(H,25,28). The lowest BCUT2D eigenvalue weighted by atomic mass is 10.2. The number of amides is 1. The van der Waals surface area contributed by atoms with Gasteiger partial charge in [0.15, 0.2) is 0 Å². The van der Waals surface area contributed by atoms with Gasteiger partial charge in [-0.25, -0.2) is 8.42 Å². The SMILES string of the molecule is COc1ccc2cc(C(=O)Nc3cc(S(=O)(=O)Nc4cccc(Cl)c4)ccc3O)[nH]c2c1. The lowest BCUT2D eigenvalue weighted by Crippen LogP contribution is -2.15. The van der Waals surface area contributed by atoms with Crippen molar-refractivity contribution in [3.63, 3.8) is 0 Å². The van der Waals surface area contributed by atoms with Crippen molar-refractivity contribution >= 4 is 49.8 Å².